The van der Waals surface area contributed by atoms with Gasteiger partial charge in [-0.25, -0.2) is 14.8 Å². The molecule has 2 amide bonds. The topological polar surface area (TPSA) is 128 Å². The summed E-state index contributed by atoms with van der Waals surface area (Å²) in [4.78, 5) is 42.3. The smallest absolute Gasteiger partial charge is 0.408 e. The van der Waals surface area contributed by atoms with Crippen molar-refractivity contribution in [2.24, 2.45) is 5.92 Å². The number of hydrogen-bond donors (Lipinski definition) is 2. The lowest BCUT2D eigenvalue weighted by Crippen LogP contribution is -2.63. The van der Waals surface area contributed by atoms with Gasteiger partial charge in [0.25, 0.3) is 5.91 Å². The fraction of sp³-hybridized carbons (Fsp3) is 0.447. The summed E-state index contributed by atoms with van der Waals surface area (Å²) in [6.45, 7) is 19.9. The molecule has 0 saturated carbocycles. The number of anilines is 2. The van der Waals surface area contributed by atoms with Gasteiger partial charge in [0.1, 0.15) is 11.3 Å². The molecule has 0 spiro atoms. The van der Waals surface area contributed by atoms with E-state index in [4.69, 9.17) is 18.9 Å². The van der Waals surface area contributed by atoms with Crippen LogP contribution in [0.2, 0.25) is 18.1 Å². The van der Waals surface area contributed by atoms with Gasteiger partial charge < -0.3 is 29.4 Å². The van der Waals surface area contributed by atoms with Crippen LogP contribution in [0.25, 0.3) is 22.0 Å². The van der Waals surface area contributed by atoms with Gasteiger partial charge in [-0.1, -0.05) is 45.9 Å². The number of nitrogens with zero attached hydrogens (tertiary/aromatic N) is 4. The van der Waals surface area contributed by atoms with Gasteiger partial charge in [0, 0.05) is 48.4 Å². The Hall–Kier alpha value is -4.55. The van der Waals surface area contributed by atoms with Crippen molar-refractivity contribution in [3.63, 3.8) is 0 Å². The molecule has 0 unspecified atom stereocenters. The number of fused-ring (bicyclic) bond motifs is 1. The van der Waals surface area contributed by atoms with Gasteiger partial charge in [0.15, 0.2) is 8.32 Å². The second-order valence-electron chi connectivity index (χ2n) is 15.5. The molecule has 1 aromatic carbocycles. The Labute approximate surface area is 296 Å². The molecule has 1 fully saturated rings. The first-order valence-corrected chi connectivity index (χ1v) is 19.9. The van der Waals surface area contributed by atoms with Gasteiger partial charge in [-0.15, -0.1) is 0 Å². The number of nitrogens with one attached hydrogen (secondary N) is 2. The van der Waals surface area contributed by atoms with Gasteiger partial charge >= 0.3 is 6.09 Å². The number of methoxy groups -OCH3 is 1. The zero-order chi connectivity index (χ0) is 36.4. The van der Waals surface area contributed by atoms with Gasteiger partial charge in [0.2, 0.25) is 5.88 Å². The number of benzene rings is 1. The van der Waals surface area contributed by atoms with Crippen LogP contribution in [0, 0.1) is 5.92 Å². The molecule has 12 heteroatoms. The molecule has 0 bridgehead atoms. The van der Waals surface area contributed by atoms with Crippen molar-refractivity contribution in [2.45, 2.75) is 84.3 Å². The van der Waals surface area contributed by atoms with Crippen LogP contribution in [0.3, 0.4) is 0 Å². The minimum absolute atomic E-state index is 0.00582. The Kier molecular flexibility index (Phi) is 10.5. The van der Waals surface area contributed by atoms with Gasteiger partial charge in [0.05, 0.1) is 42.3 Å². The molecule has 3 atom stereocenters. The highest BCUT2D eigenvalue weighted by Crippen LogP contribution is 2.40. The molecule has 50 heavy (non-hydrogen) atoms. The maximum Gasteiger partial charge on any atom is 0.408 e. The van der Waals surface area contributed by atoms with Crippen molar-refractivity contribution in [3.05, 3.63) is 72.8 Å². The van der Waals surface area contributed by atoms with E-state index in [1.165, 1.54) is 0 Å². The highest BCUT2D eigenvalue weighted by molar-refractivity contribution is 6.74. The Bertz CT molecular complexity index is 1840. The first-order valence-electron chi connectivity index (χ1n) is 17.0. The third kappa shape index (κ3) is 8.59. The number of alkyl carbamates (subject to hydrolysis) is 1. The second kappa shape index (κ2) is 14.4. The van der Waals surface area contributed by atoms with Crippen molar-refractivity contribution in [3.8, 4) is 17.0 Å². The summed E-state index contributed by atoms with van der Waals surface area (Å²) in [7, 11) is -0.603. The zero-order valence-corrected chi connectivity index (χ0v) is 31.8. The van der Waals surface area contributed by atoms with Crippen LogP contribution in [-0.4, -0.2) is 73.2 Å². The standard InChI is InChI=1S/C38H50N6O5Si/c1-24-22-44(23-31(43-36(46)48-37(2,3)4)34(24)49-50(9,10)38(5,6)7)32-17-18-39-21-30(32)42-35(45)28-15-13-25-11-12-26(19-29(25)41-28)27-14-16-33(47-8)40-20-27/h11-21,24,31,34H,22-23H2,1-10H3,(H,42,45)(H,43,46)/t24-,31+,34+/m0/s1. The fourth-order valence-electron chi connectivity index (χ4n) is 5.80. The molecule has 1 aliphatic heterocycles. The third-order valence-electron chi connectivity index (χ3n) is 9.41. The molecule has 266 valence electrons. The van der Waals surface area contributed by atoms with Gasteiger partial charge in [-0.05, 0) is 68.7 Å². The van der Waals surface area contributed by atoms with Crippen molar-refractivity contribution in [1.29, 1.82) is 0 Å². The number of pyridine rings is 3. The highest BCUT2D eigenvalue weighted by Gasteiger charge is 2.45. The van der Waals surface area contributed by atoms with Crippen LogP contribution in [0.15, 0.2) is 67.1 Å². The summed E-state index contributed by atoms with van der Waals surface area (Å²) in [5.41, 5.74) is 3.49. The van der Waals surface area contributed by atoms with Crippen LogP contribution in [0.4, 0.5) is 16.2 Å². The number of piperidine rings is 1. The summed E-state index contributed by atoms with van der Waals surface area (Å²) in [5, 5.41) is 7.08. The van der Waals surface area contributed by atoms with Crippen LogP contribution >= 0.6 is 0 Å². The molecule has 1 aliphatic rings. The second-order valence-corrected chi connectivity index (χ2v) is 20.3. The van der Waals surface area contributed by atoms with E-state index >= 15 is 0 Å². The molecule has 1 saturated heterocycles. The lowest BCUT2D eigenvalue weighted by atomic mass is 9.92. The molecule has 4 aromatic rings. The molecule has 2 N–H and O–H groups in total. The Morgan fingerprint density at radius 3 is 2.32 bits per heavy atom. The van der Waals surface area contributed by atoms with E-state index in [1.54, 1.807) is 31.8 Å². The molecule has 11 nitrogen and oxygen atoms in total. The average Bonchev–Trinajstić information content (AvgIpc) is 3.04. The number of hydrogen-bond acceptors (Lipinski definition) is 9. The first-order chi connectivity index (χ1) is 23.4. The fourth-order valence-corrected chi connectivity index (χ4v) is 7.23. The SMILES string of the molecule is COc1ccc(-c2ccc3ccc(C(=O)Nc4cnccc4N4C[C@H](C)[C@@H](O[Si](C)(C)C(C)(C)C)[C@H](NC(=O)OC(C)(C)C)C4)nc3c2)cn1. The number of aromatic nitrogens is 3. The normalized spacial score (nSPS) is 18.4. The van der Waals surface area contributed by atoms with Crippen molar-refractivity contribution in [2.75, 3.05) is 30.4 Å². The number of amides is 2. The van der Waals surface area contributed by atoms with E-state index in [0.29, 0.717) is 30.2 Å². The summed E-state index contributed by atoms with van der Waals surface area (Å²) >= 11 is 0. The van der Waals surface area contributed by atoms with Gasteiger partial charge in [-0.2, -0.15) is 0 Å². The first kappa shape index (κ1) is 36.7. The van der Waals surface area contributed by atoms with Crippen LogP contribution < -0.4 is 20.3 Å². The zero-order valence-electron chi connectivity index (χ0n) is 30.8. The highest BCUT2D eigenvalue weighted by atomic mass is 28.4. The van der Waals surface area contributed by atoms with E-state index in [1.807, 2.05) is 63.2 Å². The molecule has 4 heterocycles. The monoisotopic (exact) mass is 698 g/mol. The Morgan fingerprint density at radius 1 is 0.940 bits per heavy atom. The third-order valence-corrected chi connectivity index (χ3v) is 13.9. The Balaban J connectivity index is 1.39. The van der Waals surface area contributed by atoms with E-state index < -0.39 is 20.0 Å². The number of carbonyl (C=O) groups is 2. The van der Waals surface area contributed by atoms with Crippen molar-refractivity contribution >= 4 is 42.6 Å². The number of carbonyl (C=O) groups excluding carboxylic acids is 2. The summed E-state index contributed by atoms with van der Waals surface area (Å²) in [5.74, 6) is 0.228. The summed E-state index contributed by atoms with van der Waals surface area (Å²) in [6, 6.07) is 14.8. The largest absolute Gasteiger partial charge is 0.481 e. The lowest BCUT2D eigenvalue weighted by molar-refractivity contribution is 0.0336. The minimum atomic E-state index is -2.18. The molecule has 0 radical (unpaired) electrons. The van der Waals surface area contributed by atoms with Crippen LogP contribution in [-0.2, 0) is 9.16 Å². The molecule has 5 rings (SSSR count). The van der Waals surface area contributed by atoms with Crippen molar-refractivity contribution < 1.29 is 23.5 Å². The average molecular weight is 699 g/mol. The van der Waals surface area contributed by atoms with E-state index in [9.17, 15) is 9.59 Å². The number of ether oxygens (including phenoxy) is 2. The maximum absolute atomic E-state index is 13.7. The number of rotatable bonds is 8. The van der Waals surface area contributed by atoms with Crippen molar-refractivity contribution in [1.82, 2.24) is 20.3 Å². The molecule has 3 aromatic heterocycles. The van der Waals surface area contributed by atoms with Crippen LogP contribution in [0.1, 0.15) is 59.0 Å². The quantitative estimate of drug-likeness (QED) is 0.178. The summed E-state index contributed by atoms with van der Waals surface area (Å²) < 4.78 is 17.8. The lowest BCUT2D eigenvalue weighted by Gasteiger charge is -2.48. The van der Waals surface area contributed by atoms with E-state index in [2.05, 4.69) is 66.3 Å². The van der Waals surface area contributed by atoms with Gasteiger partial charge in [-0.3, -0.25) is 9.78 Å². The predicted molar refractivity (Wildman–Crippen MR) is 200 cm³/mol. The molecular formula is C38H50N6O5Si. The predicted octanol–water partition coefficient (Wildman–Crippen LogP) is 7.69. The van der Waals surface area contributed by atoms with Crippen LogP contribution in [0.5, 0.6) is 5.88 Å². The summed E-state index contributed by atoms with van der Waals surface area (Å²) in [6.07, 6.45) is 4.38. The molecule has 0 aliphatic carbocycles. The maximum atomic E-state index is 13.7. The Morgan fingerprint density at radius 2 is 1.66 bits per heavy atom. The molecular weight excluding hydrogens is 649 g/mol. The van der Waals surface area contributed by atoms with E-state index in [0.717, 1.165) is 22.2 Å². The van der Waals surface area contributed by atoms with E-state index in [-0.39, 0.29) is 34.7 Å². The minimum Gasteiger partial charge on any atom is -0.481 e.